The van der Waals surface area contributed by atoms with Crippen LogP contribution in [0.4, 0.5) is 0 Å². The van der Waals surface area contributed by atoms with E-state index in [4.69, 9.17) is 19.3 Å². The minimum atomic E-state index is -0.491. The molecular weight excluding hydrogens is 496 g/mol. The summed E-state index contributed by atoms with van der Waals surface area (Å²) in [6.07, 6.45) is 10.5. The van der Waals surface area contributed by atoms with Crippen molar-refractivity contribution in [1.29, 1.82) is 0 Å². The number of hydrogen-bond acceptors (Lipinski definition) is 4. The van der Waals surface area contributed by atoms with E-state index in [1.54, 1.807) is 6.08 Å². The molecule has 0 fully saturated rings. The Hall–Kier alpha value is -4.54. The standard InChI is InChI=1S/C36H36O4/c1-28(38-27-32-11-5-4-6-12-32)39-34-21-15-29(16-22-34)9-7-8-10-30-17-23-35(24-18-30)40-36(2,3)33-19-13-31(14-20-33)25-26-37/h4-26,28,37H,27H2,1-3H3. The largest absolute Gasteiger partial charge is 0.516 e. The van der Waals surface area contributed by atoms with Crippen LogP contribution in [-0.4, -0.2) is 11.4 Å². The van der Waals surface area contributed by atoms with Crippen LogP contribution in [0.5, 0.6) is 11.5 Å². The molecule has 204 valence electrons. The number of hydrogen-bond donors (Lipinski definition) is 1. The smallest absolute Gasteiger partial charge is 0.197 e. The van der Waals surface area contributed by atoms with Gasteiger partial charge in [0.2, 0.25) is 0 Å². The molecule has 4 nitrogen and oxygen atoms in total. The number of benzene rings is 4. The second-order valence-corrected chi connectivity index (χ2v) is 9.89. The molecule has 0 aromatic heterocycles. The lowest BCUT2D eigenvalue weighted by Gasteiger charge is -2.27. The summed E-state index contributed by atoms with van der Waals surface area (Å²) in [6.45, 7) is 6.50. The molecule has 0 saturated carbocycles. The van der Waals surface area contributed by atoms with Crippen LogP contribution in [0, 0.1) is 0 Å². The van der Waals surface area contributed by atoms with Gasteiger partial charge in [-0.1, -0.05) is 103 Å². The van der Waals surface area contributed by atoms with Gasteiger partial charge in [-0.05, 0) is 78.9 Å². The predicted molar refractivity (Wildman–Crippen MR) is 164 cm³/mol. The summed E-state index contributed by atoms with van der Waals surface area (Å²) < 4.78 is 17.9. The molecule has 4 aromatic carbocycles. The van der Waals surface area contributed by atoms with Gasteiger partial charge in [-0.25, -0.2) is 0 Å². The third kappa shape index (κ3) is 8.75. The average Bonchev–Trinajstić information content (AvgIpc) is 2.97. The van der Waals surface area contributed by atoms with Gasteiger partial charge in [0.05, 0.1) is 12.9 Å². The lowest BCUT2D eigenvalue weighted by molar-refractivity contribution is -0.0759. The zero-order valence-electron chi connectivity index (χ0n) is 23.2. The Morgan fingerprint density at radius 3 is 1.77 bits per heavy atom. The van der Waals surface area contributed by atoms with Crippen molar-refractivity contribution < 1.29 is 19.3 Å². The molecule has 0 aliphatic heterocycles. The monoisotopic (exact) mass is 532 g/mol. The van der Waals surface area contributed by atoms with Crippen molar-refractivity contribution in [3.63, 3.8) is 0 Å². The second kappa shape index (κ2) is 14.0. The van der Waals surface area contributed by atoms with Crippen LogP contribution in [0.3, 0.4) is 0 Å². The summed E-state index contributed by atoms with van der Waals surface area (Å²) in [6, 6.07) is 34.0. The van der Waals surface area contributed by atoms with Gasteiger partial charge < -0.3 is 19.3 Å². The molecular formula is C36H36O4. The summed E-state index contributed by atoms with van der Waals surface area (Å²) in [7, 11) is 0. The van der Waals surface area contributed by atoms with Gasteiger partial charge in [-0.15, -0.1) is 0 Å². The fourth-order valence-corrected chi connectivity index (χ4v) is 4.09. The van der Waals surface area contributed by atoms with Crippen LogP contribution < -0.4 is 9.47 Å². The maximum Gasteiger partial charge on any atom is 0.197 e. The first-order valence-electron chi connectivity index (χ1n) is 13.4. The van der Waals surface area contributed by atoms with Crippen LogP contribution in [0.25, 0.3) is 18.2 Å². The van der Waals surface area contributed by atoms with Crippen molar-refractivity contribution in [2.24, 2.45) is 0 Å². The maximum absolute atomic E-state index is 8.94. The molecule has 1 unspecified atom stereocenters. The summed E-state index contributed by atoms with van der Waals surface area (Å²) >= 11 is 0. The van der Waals surface area contributed by atoms with Gasteiger partial charge in [-0.3, -0.25) is 0 Å². The Labute approximate surface area is 237 Å². The molecule has 1 N–H and O–H groups in total. The quantitative estimate of drug-likeness (QED) is 0.112. The van der Waals surface area contributed by atoms with Crippen LogP contribution >= 0.6 is 0 Å². The number of aliphatic hydroxyl groups excluding tert-OH is 1. The van der Waals surface area contributed by atoms with E-state index in [1.807, 2.05) is 136 Å². The van der Waals surface area contributed by atoms with E-state index in [0.717, 1.165) is 45.6 Å². The highest BCUT2D eigenvalue weighted by atomic mass is 16.7. The highest BCUT2D eigenvalue weighted by Gasteiger charge is 2.22. The number of allylic oxidation sites excluding steroid dienone is 2. The molecule has 0 heterocycles. The van der Waals surface area contributed by atoms with E-state index in [9.17, 15) is 0 Å². The van der Waals surface area contributed by atoms with E-state index in [-0.39, 0.29) is 6.29 Å². The minimum Gasteiger partial charge on any atom is -0.516 e. The highest BCUT2D eigenvalue weighted by molar-refractivity contribution is 5.58. The minimum absolute atomic E-state index is 0.339. The normalized spacial score (nSPS) is 12.8. The Balaban J connectivity index is 1.24. The van der Waals surface area contributed by atoms with Crippen molar-refractivity contribution >= 4 is 18.2 Å². The molecule has 0 spiro atoms. The van der Waals surface area contributed by atoms with Crippen molar-refractivity contribution in [2.75, 3.05) is 0 Å². The molecule has 0 aliphatic rings. The Kier molecular flexibility index (Phi) is 9.98. The lowest BCUT2D eigenvalue weighted by Crippen LogP contribution is -2.25. The summed E-state index contributed by atoms with van der Waals surface area (Å²) in [5.41, 5.74) is 4.80. The van der Waals surface area contributed by atoms with Crippen molar-refractivity contribution in [3.05, 3.63) is 149 Å². The molecule has 0 amide bonds. The number of aliphatic hydroxyl groups is 1. The van der Waals surface area contributed by atoms with E-state index < -0.39 is 5.60 Å². The molecule has 0 bridgehead atoms. The van der Waals surface area contributed by atoms with E-state index in [0.29, 0.717) is 6.61 Å². The van der Waals surface area contributed by atoms with Gasteiger partial charge in [0.15, 0.2) is 6.29 Å². The van der Waals surface area contributed by atoms with Crippen LogP contribution in [0.1, 0.15) is 48.6 Å². The number of rotatable bonds is 12. The maximum atomic E-state index is 8.94. The zero-order valence-corrected chi connectivity index (χ0v) is 23.2. The summed E-state index contributed by atoms with van der Waals surface area (Å²) in [5.74, 6) is 1.58. The molecule has 0 saturated heterocycles. The molecule has 4 aromatic rings. The lowest BCUT2D eigenvalue weighted by atomic mass is 9.96. The average molecular weight is 533 g/mol. The van der Waals surface area contributed by atoms with Crippen molar-refractivity contribution in [3.8, 4) is 11.5 Å². The summed E-state index contributed by atoms with van der Waals surface area (Å²) in [5, 5.41) is 8.94. The highest BCUT2D eigenvalue weighted by Crippen LogP contribution is 2.28. The molecule has 0 radical (unpaired) electrons. The third-order valence-electron chi connectivity index (χ3n) is 6.32. The first-order chi connectivity index (χ1) is 19.4. The first-order valence-corrected chi connectivity index (χ1v) is 13.4. The zero-order chi connectivity index (χ0) is 28.2. The van der Waals surface area contributed by atoms with Gasteiger partial charge in [0, 0.05) is 0 Å². The molecule has 4 rings (SSSR count). The van der Waals surface area contributed by atoms with Crippen molar-refractivity contribution in [1.82, 2.24) is 0 Å². The fourth-order valence-electron chi connectivity index (χ4n) is 4.09. The Morgan fingerprint density at radius 2 is 1.20 bits per heavy atom. The summed E-state index contributed by atoms with van der Waals surface area (Å²) in [4.78, 5) is 0. The molecule has 40 heavy (non-hydrogen) atoms. The molecule has 1 atom stereocenters. The van der Waals surface area contributed by atoms with E-state index >= 15 is 0 Å². The van der Waals surface area contributed by atoms with Crippen LogP contribution in [-0.2, 0) is 16.9 Å². The van der Waals surface area contributed by atoms with Gasteiger partial charge in [-0.2, -0.15) is 0 Å². The van der Waals surface area contributed by atoms with E-state index in [2.05, 4.69) is 12.2 Å². The predicted octanol–water partition coefficient (Wildman–Crippen LogP) is 9.20. The SMILES string of the molecule is CC(OCc1ccccc1)Oc1ccc(C=CC=Cc2ccc(OC(C)(C)c3ccc(C=CO)cc3)cc2)cc1. The van der Waals surface area contributed by atoms with Crippen LogP contribution in [0.2, 0.25) is 0 Å². The molecule has 4 heteroatoms. The third-order valence-corrected chi connectivity index (χ3v) is 6.32. The Morgan fingerprint density at radius 1 is 0.675 bits per heavy atom. The first kappa shape index (κ1) is 28.5. The second-order valence-electron chi connectivity index (χ2n) is 9.89. The topological polar surface area (TPSA) is 47.9 Å². The van der Waals surface area contributed by atoms with Gasteiger partial charge in [0.1, 0.15) is 17.1 Å². The van der Waals surface area contributed by atoms with Gasteiger partial charge in [0.25, 0.3) is 0 Å². The number of ether oxygens (including phenoxy) is 3. The Bertz CT molecular complexity index is 1400. The van der Waals surface area contributed by atoms with Gasteiger partial charge >= 0.3 is 0 Å². The van der Waals surface area contributed by atoms with E-state index in [1.165, 1.54) is 0 Å². The van der Waals surface area contributed by atoms with Crippen LogP contribution in [0.15, 0.2) is 122 Å². The van der Waals surface area contributed by atoms with Crippen molar-refractivity contribution in [2.45, 2.75) is 39.3 Å². The fraction of sp³-hybridized carbons (Fsp3) is 0.167. The molecule has 0 aliphatic carbocycles.